The summed E-state index contributed by atoms with van der Waals surface area (Å²) in [7, 11) is 0. The second-order valence-electron chi connectivity index (χ2n) is 8.62. The molecule has 1 saturated heterocycles. The quantitative estimate of drug-likeness (QED) is 0.441. The molecular formula is C25H24FN7. The first-order chi connectivity index (χ1) is 16.2. The molecule has 8 heteroatoms. The summed E-state index contributed by atoms with van der Waals surface area (Å²) >= 11 is 0. The molecule has 1 aliphatic heterocycles. The van der Waals surface area contributed by atoms with Crippen molar-refractivity contribution in [2.24, 2.45) is 0 Å². The number of nitrogens with one attached hydrogen (secondary N) is 1. The van der Waals surface area contributed by atoms with Gasteiger partial charge in [-0.1, -0.05) is 30.3 Å². The van der Waals surface area contributed by atoms with Crippen molar-refractivity contribution < 1.29 is 4.39 Å². The zero-order valence-corrected chi connectivity index (χ0v) is 18.1. The topological polar surface area (TPSA) is 86.1 Å². The first-order valence-corrected chi connectivity index (χ1v) is 11.2. The van der Waals surface area contributed by atoms with Crippen LogP contribution in [0.3, 0.4) is 0 Å². The Morgan fingerprint density at radius 1 is 1.09 bits per heavy atom. The third kappa shape index (κ3) is 3.52. The molecule has 33 heavy (non-hydrogen) atoms. The molecule has 2 aromatic carbocycles. The van der Waals surface area contributed by atoms with Crippen LogP contribution in [0.2, 0.25) is 0 Å². The Morgan fingerprint density at radius 2 is 1.91 bits per heavy atom. The second kappa shape index (κ2) is 7.97. The molecule has 0 bridgehead atoms. The smallest absolute Gasteiger partial charge is 0.151 e. The van der Waals surface area contributed by atoms with Crippen LogP contribution < -0.4 is 11.1 Å². The molecule has 0 radical (unpaired) electrons. The van der Waals surface area contributed by atoms with E-state index in [4.69, 9.17) is 5.73 Å². The van der Waals surface area contributed by atoms with Crippen molar-refractivity contribution >= 4 is 22.2 Å². The first kappa shape index (κ1) is 19.9. The minimum atomic E-state index is -0.306. The lowest BCUT2D eigenvalue weighted by molar-refractivity contribution is 0.448. The Labute approximate surface area is 190 Å². The summed E-state index contributed by atoms with van der Waals surface area (Å²) in [6.45, 7) is 2.51. The van der Waals surface area contributed by atoms with Gasteiger partial charge < -0.3 is 11.1 Å². The third-order valence-electron chi connectivity index (χ3n) is 6.49. The molecule has 6 rings (SSSR count). The van der Waals surface area contributed by atoms with Crippen LogP contribution in [0.15, 0.2) is 61.1 Å². The van der Waals surface area contributed by atoms with Crippen molar-refractivity contribution in [2.75, 3.05) is 18.8 Å². The largest absolute Gasteiger partial charge is 0.382 e. The van der Waals surface area contributed by atoms with Gasteiger partial charge in [0, 0.05) is 23.4 Å². The van der Waals surface area contributed by atoms with E-state index in [0.717, 1.165) is 48.3 Å². The number of piperidine rings is 1. The zero-order chi connectivity index (χ0) is 22.4. The SMILES string of the molecule is Nc1ncnn2c(C3CCNCC3)cc(-c3cc(F)c4cn(Cc5ccccc5)nc4c3)c12. The van der Waals surface area contributed by atoms with Crippen LogP contribution in [-0.2, 0) is 6.54 Å². The molecule has 0 atom stereocenters. The number of rotatable bonds is 4. The highest BCUT2D eigenvalue weighted by atomic mass is 19.1. The maximum absolute atomic E-state index is 15.2. The Hall–Kier alpha value is -3.78. The molecule has 5 aromatic rings. The molecule has 0 spiro atoms. The van der Waals surface area contributed by atoms with Crippen LogP contribution in [0.1, 0.15) is 30.0 Å². The van der Waals surface area contributed by atoms with Crippen molar-refractivity contribution in [1.82, 2.24) is 29.7 Å². The molecule has 0 saturated carbocycles. The fourth-order valence-corrected chi connectivity index (χ4v) is 4.86. The summed E-state index contributed by atoms with van der Waals surface area (Å²) < 4.78 is 18.9. The van der Waals surface area contributed by atoms with Crippen LogP contribution in [0.5, 0.6) is 0 Å². The van der Waals surface area contributed by atoms with Gasteiger partial charge in [-0.15, -0.1) is 0 Å². The van der Waals surface area contributed by atoms with Crippen LogP contribution in [-0.4, -0.2) is 37.5 Å². The minimum absolute atomic E-state index is 0.306. The minimum Gasteiger partial charge on any atom is -0.382 e. The molecule has 1 aliphatic rings. The number of nitrogen functional groups attached to an aromatic ring is 1. The number of anilines is 1. The number of benzene rings is 2. The lowest BCUT2D eigenvalue weighted by Crippen LogP contribution is -2.27. The summed E-state index contributed by atoms with van der Waals surface area (Å²) in [6, 6.07) is 15.6. The van der Waals surface area contributed by atoms with Gasteiger partial charge in [0.05, 0.1) is 17.4 Å². The molecule has 3 aromatic heterocycles. The molecule has 166 valence electrons. The number of hydrogen-bond acceptors (Lipinski definition) is 5. The highest BCUT2D eigenvalue weighted by molar-refractivity contribution is 5.92. The normalized spacial score (nSPS) is 14.9. The summed E-state index contributed by atoms with van der Waals surface area (Å²) in [5.74, 6) is 0.441. The molecule has 0 aliphatic carbocycles. The van der Waals surface area contributed by atoms with Gasteiger partial charge in [-0.05, 0) is 55.3 Å². The fraction of sp³-hybridized carbons (Fsp3) is 0.240. The van der Waals surface area contributed by atoms with Crippen LogP contribution in [0.4, 0.5) is 10.2 Å². The van der Waals surface area contributed by atoms with Gasteiger partial charge in [0.25, 0.3) is 0 Å². The van der Waals surface area contributed by atoms with E-state index >= 15 is 4.39 Å². The zero-order valence-electron chi connectivity index (χ0n) is 18.1. The second-order valence-corrected chi connectivity index (χ2v) is 8.62. The molecular weight excluding hydrogens is 417 g/mol. The number of aromatic nitrogens is 5. The number of hydrogen-bond donors (Lipinski definition) is 2. The van der Waals surface area contributed by atoms with Crippen molar-refractivity contribution in [3.63, 3.8) is 0 Å². The Bertz CT molecular complexity index is 1450. The van der Waals surface area contributed by atoms with Gasteiger partial charge in [0.2, 0.25) is 0 Å². The third-order valence-corrected chi connectivity index (χ3v) is 6.49. The van der Waals surface area contributed by atoms with E-state index in [2.05, 4.69) is 26.6 Å². The first-order valence-electron chi connectivity index (χ1n) is 11.2. The predicted molar refractivity (Wildman–Crippen MR) is 126 cm³/mol. The monoisotopic (exact) mass is 441 g/mol. The fourth-order valence-electron chi connectivity index (χ4n) is 4.86. The summed E-state index contributed by atoms with van der Waals surface area (Å²) in [6.07, 6.45) is 5.28. The number of halogens is 1. The molecule has 1 fully saturated rings. The molecule has 0 unspecified atom stereocenters. The van der Waals surface area contributed by atoms with Gasteiger partial charge >= 0.3 is 0 Å². The molecule has 7 nitrogen and oxygen atoms in total. The molecule has 4 heterocycles. The summed E-state index contributed by atoms with van der Waals surface area (Å²) in [4.78, 5) is 4.21. The maximum atomic E-state index is 15.2. The van der Waals surface area contributed by atoms with Crippen molar-refractivity contribution in [3.05, 3.63) is 78.1 Å². The summed E-state index contributed by atoms with van der Waals surface area (Å²) in [5.41, 5.74) is 11.4. The van der Waals surface area contributed by atoms with Crippen LogP contribution in [0, 0.1) is 5.82 Å². The lowest BCUT2D eigenvalue weighted by atomic mass is 9.94. The van der Waals surface area contributed by atoms with Gasteiger partial charge in [-0.3, -0.25) is 4.68 Å². The number of fused-ring (bicyclic) bond motifs is 2. The van der Waals surface area contributed by atoms with Gasteiger partial charge in [0.15, 0.2) is 5.82 Å². The van der Waals surface area contributed by atoms with E-state index in [1.165, 1.54) is 6.33 Å². The number of nitrogens with two attached hydrogens (primary N) is 1. The standard InChI is InChI=1S/C25H24FN7/c26-21-10-18(11-22-20(21)14-32(31-22)13-16-4-2-1-3-5-16)19-12-23(17-6-8-28-9-7-17)33-24(19)25(27)29-15-30-33/h1-5,10-12,14-15,17,28H,6-9,13H2,(H2,27,29,30). The van der Waals surface area contributed by atoms with E-state index < -0.39 is 0 Å². The maximum Gasteiger partial charge on any atom is 0.151 e. The van der Waals surface area contributed by atoms with Crippen molar-refractivity contribution in [3.8, 4) is 11.1 Å². The summed E-state index contributed by atoms with van der Waals surface area (Å²) in [5, 5.41) is 13.0. The average molecular weight is 442 g/mol. The van der Waals surface area contributed by atoms with Crippen LogP contribution >= 0.6 is 0 Å². The Morgan fingerprint density at radius 3 is 2.73 bits per heavy atom. The Balaban J connectivity index is 1.47. The highest BCUT2D eigenvalue weighted by Crippen LogP contribution is 2.37. The van der Waals surface area contributed by atoms with E-state index in [0.29, 0.717) is 34.7 Å². The van der Waals surface area contributed by atoms with E-state index in [9.17, 15) is 0 Å². The van der Waals surface area contributed by atoms with E-state index in [1.807, 2.05) is 40.9 Å². The van der Waals surface area contributed by atoms with Crippen molar-refractivity contribution in [2.45, 2.75) is 25.3 Å². The van der Waals surface area contributed by atoms with E-state index in [1.54, 1.807) is 16.9 Å². The van der Waals surface area contributed by atoms with Crippen LogP contribution in [0.25, 0.3) is 27.5 Å². The highest BCUT2D eigenvalue weighted by Gasteiger charge is 2.24. The molecule has 0 amide bonds. The lowest BCUT2D eigenvalue weighted by Gasteiger charge is -2.22. The molecule has 3 N–H and O–H groups in total. The van der Waals surface area contributed by atoms with Gasteiger partial charge in [-0.2, -0.15) is 10.2 Å². The van der Waals surface area contributed by atoms with Crippen molar-refractivity contribution in [1.29, 1.82) is 0 Å². The predicted octanol–water partition coefficient (Wildman–Crippen LogP) is 3.98. The Kier molecular flexibility index (Phi) is 4.80. The number of nitrogens with zero attached hydrogens (tertiary/aromatic N) is 5. The average Bonchev–Trinajstić information content (AvgIpc) is 3.43. The van der Waals surface area contributed by atoms with Gasteiger partial charge in [-0.25, -0.2) is 13.9 Å². The van der Waals surface area contributed by atoms with E-state index in [-0.39, 0.29) is 5.82 Å². The van der Waals surface area contributed by atoms with Gasteiger partial charge in [0.1, 0.15) is 17.7 Å².